The number of benzene rings is 1. The Morgan fingerprint density at radius 1 is 1.38 bits per heavy atom. The summed E-state index contributed by atoms with van der Waals surface area (Å²) in [4.78, 5) is 0. The average Bonchev–Trinajstić information content (AvgIpc) is 2.79. The number of hydrogen-bond donors (Lipinski definition) is 1. The van der Waals surface area contributed by atoms with Crippen molar-refractivity contribution >= 4 is 5.69 Å². The highest BCUT2D eigenvalue weighted by Gasteiger charge is 2.14. The Bertz CT molecular complexity index is 348. The van der Waals surface area contributed by atoms with E-state index < -0.39 is 0 Å². The molecule has 1 fully saturated rings. The van der Waals surface area contributed by atoms with Crippen LogP contribution in [0.2, 0.25) is 0 Å². The Balaban J connectivity index is 1.91. The van der Waals surface area contributed by atoms with Crippen molar-refractivity contribution in [1.82, 2.24) is 0 Å². The zero-order chi connectivity index (χ0) is 11.4. The van der Waals surface area contributed by atoms with Crippen LogP contribution in [0.25, 0.3) is 0 Å². The van der Waals surface area contributed by atoms with Crippen molar-refractivity contribution in [1.29, 1.82) is 0 Å². The van der Waals surface area contributed by atoms with Gasteiger partial charge in [0.05, 0.1) is 7.11 Å². The highest BCUT2D eigenvalue weighted by molar-refractivity contribution is 5.47. The standard InChI is InChI=1S/C13H18FNO/c1-16-13-7-6-11(8-12(13)14)15-9-10-4-2-3-5-10/h6-8,10,15H,2-5,9H2,1H3. The van der Waals surface area contributed by atoms with Crippen LogP contribution in [-0.4, -0.2) is 13.7 Å². The lowest BCUT2D eigenvalue weighted by Gasteiger charge is -2.12. The smallest absolute Gasteiger partial charge is 0.167 e. The van der Waals surface area contributed by atoms with Gasteiger partial charge < -0.3 is 10.1 Å². The van der Waals surface area contributed by atoms with Gasteiger partial charge in [-0.25, -0.2) is 4.39 Å². The summed E-state index contributed by atoms with van der Waals surface area (Å²) in [6.45, 7) is 0.950. The molecule has 0 aliphatic heterocycles. The molecule has 2 nitrogen and oxygen atoms in total. The van der Waals surface area contributed by atoms with E-state index in [-0.39, 0.29) is 5.82 Å². The fourth-order valence-electron chi connectivity index (χ4n) is 2.25. The van der Waals surface area contributed by atoms with Crippen molar-refractivity contribution < 1.29 is 9.13 Å². The largest absolute Gasteiger partial charge is 0.494 e. The van der Waals surface area contributed by atoms with Crippen LogP contribution in [0, 0.1) is 11.7 Å². The molecule has 16 heavy (non-hydrogen) atoms. The van der Waals surface area contributed by atoms with E-state index in [1.54, 1.807) is 6.07 Å². The van der Waals surface area contributed by atoms with Gasteiger partial charge in [-0.15, -0.1) is 0 Å². The van der Waals surface area contributed by atoms with E-state index in [9.17, 15) is 4.39 Å². The van der Waals surface area contributed by atoms with Crippen LogP contribution in [0.5, 0.6) is 5.75 Å². The Labute approximate surface area is 95.8 Å². The number of hydrogen-bond acceptors (Lipinski definition) is 2. The molecule has 0 unspecified atom stereocenters. The Kier molecular flexibility index (Phi) is 3.65. The molecule has 1 saturated carbocycles. The average molecular weight is 223 g/mol. The summed E-state index contributed by atoms with van der Waals surface area (Å²) < 4.78 is 18.3. The minimum absolute atomic E-state index is 0.298. The summed E-state index contributed by atoms with van der Waals surface area (Å²) in [6, 6.07) is 5.01. The lowest BCUT2D eigenvalue weighted by molar-refractivity contribution is 0.386. The molecule has 0 heterocycles. The molecule has 0 aromatic heterocycles. The monoisotopic (exact) mass is 223 g/mol. The fraction of sp³-hybridized carbons (Fsp3) is 0.538. The summed E-state index contributed by atoms with van der Waals surface area (Å²) >= 11 is 0. The van der Waals surface area contributed by atoms with Crippen molar-refractivity contribution in [3.8, 4) is 5.75 Å². The quantitative estimate of drug-likeness (QED) is 0.844. The minimum Gasteiger partial charge on any atom is -0.494 e. The number of ether oxygens (including phenoxy) is 1. The summed E-state index contributed by atoms with van der Waals surface area (Å²) in [7, 11) is 1.48. The van der Waals surface area contributed by atoms with Crippen molar-refractivity contribution in [2.24, 2.45) is 5.92 Å². The molecule has 0 radical (unpaired) electrons. The lowest BCUT2D eigenvalue weighted by Crippen LogP contribution is -2.10. The van der Waals surface area contributed by atoms with E-state index >= 15 is 0 Å². The first-order valence-corrected chi connectivity index (χ1v) is 5.87. The number of halogens is 1. The van der Waals surface area contributed by atoms with Crippen molar-refractivity contribution in [3.05, 3.63) is 24.0 Å². The second-order valence-corrected chi connectivity index (χ2v) is 4.38. The third kappa shape index (κ3) is 2.65. The highest BCUT2D eigenvalue weighted by Crippen LogP contribution is 2.26. The molecule has 0 spiro atoms. The highest BCUT2D eigenvalue weighted by atomic mass is 19.1. The van der Waals surface area contributed by atoms with E-state index in [4.69, 9.17) is 4.74 Å². The van der Waals surface area contributed by atoms with Gasteiger partial charge in [-0.1, -0.05) is 12.8 Å². The SMILES string of the molecule is COc1ccc(NCC2CCCC2)cc1F. The first-order chi connectivity index (χ1) is 7.79. The predicted molar refractivity (Wildman–Crippen MR) is 63.4 cm³/mol. The van der Waals surface area contributed by atoms with Crippen molar-refractivity contribution in [3.63, 3.8) is 0 Å². The van der Waals surface area contributed by atoms with Gasteiger partial charge in [0.15, 0.2) is 11.6 Å². The van der Waals surface area contributed by atoms with E-state index in [0.29, 0.717) is 5.75 Å². The number of nitrogens with one attached hydrogen (secondary N) is 1. The maximum absolute atomic E-state index is 13.4. The zero-order valence-corrected chi connectivity index (χ0v) is 9.63. The molecule has 3 heteroatoms. The molecule has 0 bridgehead atoms. The van der Waals surface area contributed by atoms with Crippen molar-refractivity contribution in [2.75, 3.05) is 19.0 Å². The number of methoxy groups -OCH3 is 1. The van der Waals surface area contributed by atoms with Crippen LogP contribution in [0.1, 0.15) is 25.7 Å². The summed E-state index contributed by atoms with van der Waals surface area (Å²) in [6.07, 6.45) is 5.27. The van der Waals surface area contributed by atoms with Crippen LogP contribution in [0.4, 0.5) is 10.1 Å². The van der Waals surface area contributed by atoms with Gasteiger partial charge in [-0.3, -0.25) is 0 Å². The normalized spacial score (nSPS) is 16.4. The predicted octanol–water partition coefficient (Wildman–Crippen LogP) is 3.44. The topological polar surface area (TPSA) is 21.3 Å². The van der Waals surface area contributed by atoms with Crippen LogP contribution in [-0.2, 0) is 0 Å². The molecule has 2 rings (SSSR count). The molecule has 88 valence electrons. The van der Waals surface area contributed by atoms with Gasteiger partial charge in [0, 0.05) is 18.3 Å². The third-order valence-corrected chi connectivity index (χ3v) is 3.22. The Hall–Kier alpha value is -1.25. The molecule has 1 aliphatic carbocycles. The number of rotatable bonds is 4. The van der Waals surface area contributed by atoms with E-state index in [1.165, 1.54) is 38.9 Å². The van der Waals surface area contributed by atoms with Gasteiger partial charge >= 0.3 is 0 Å². The van der Waals surface area contributed by atoms with E-state index in [1.807, 2.05) is 6.07 Å². The van der Waals surface area contributed by atoms with Crippen LogP contribution < -0.4 is 10.1 Å². The zero-order valence-electron chi connectivity index (χ0n) is 9.63. The molecule has 0 saturated heterocycles. The van der Waals surface area contributed by atoms with E-state index in [2.05, 4.69) is 5.32 Å². The minimum atomic E-state index is -0.307. The molecule has 0 amide bonds. The molecule has 1 aromatic carbocycles. The van der Waals surface area contributed by atoms with Gasteiger partial charge in [-0.2, -0.15) is 0 Å². The van der Waals surface area contributed by atoms with Gasteiger partial charge in [0.1, 0.15) is 0 Å². The fourth-order valence-corrected chi connectivity index (χ4v) is 2.25. The van der Waals surface area contributed by atoms with Crippen molar-refractivity contribution in [2.45, 2.75) is 25.7 Å². The van der Waals surface area contributed by atoms with Gasteiger partial charge in [0.25, 0.3) is 0 Å². The van der Waals surface area contributed by atoms with Crippen LogP contribution in [0.3, 0.4) is 0 Å². The second kappa shape index (κ2) is 5.19. The molecule has 1 aromatic rings. The third-order valence-electron chi connectivity index (χ3n) is 3.22. The first kappa shape index (κ1) is 11.2. The first-order valence-electron chi connectivity index (χ1n) is 5.87. The van der Waals surface area contributed by atoms with Crippen LogP contribution >= 0.6 is 0 Å². The lowest BCUT2D eigenvalue weighted by atomic mass is 10.1. The summed E-state index contributed by atoms with van der Waals surface area (Å²) in [5.41, 5.74) is 0.838. The Morgan fingerprint density at radius 3 is 2.75 bits per heavy atom. The van der Waals surface area contributed by atoms with Crippen LogP contribution in [0.15, 0.2) is 18.2 Å². The summed E-state index contributed by atoms with van der Waals surface area (Å²) in [5, 5.41) is 3.28. The van der Waals surface area contributed by atoms with Gasteiger partial charge in [0.2, 0.25) is 0 Å². The Morgan fingerprint density at radius 2 is 2.12 bits per heavy atom. The molecular weight excluding hydrogens is 205 g/mol. The summed E-state index contributed by atoms with van der Waals surface area (Å²) in [5.74, 6) is 0.746. The number of anilines is 1. The second-order valence-electron chi connectivity index (χ2n) is 4.38. The maximum Gasteiger partial charge on any atom is 0.167 e. The molecule has 1 aliphatic rings. The van der Waals surface area contributed by atoms with E-state index in [0.717, 1.165) is 18.2 Å². The molecular formula is C13H18FNO. The van der Waals surface area contributed by atoms with Gasteiger partial charge in [-0.05, 0) is 30.9 Å². The maximum atomic E-state index is 13.4. The molecule has 1 N–H and O–H groups in total. The molecule has 0 atom stereocenters.